The lowest BCUT2D eigenvalue weighted by atomic mass is 10.1. The number of nitrogens with one attached hydrogen (secondary N) is 1. The summed E-state index contributed by atoms with van der Waals surface area (Å²) < 4.78 is 5.28. The minimum atomic E-state index is -0.0844. The van der Waals surface area contributed by atoms with Gasteiger partial charge in [0.15, 0.2) is 5.82 Å². The van der Waals surface area contributed by atoms with Crippen LogP contribution >= 0.6 is 0 Å². The Kier molecular flexibility index (Phi) is 5.09. The van der Waals surface area contributed by atoms with Crippen LogP contribution in [0.15, 0.2) is 24.3 Å². The number of amides is 1. The molecule has 0 spiro atoms. The molecular formula is C15H17N5O2. The van der Waals surface area contributed by atoms with Crippen molar-refractivity contribution >= 4 is 5.91 Å². The Morgan fingerprint density at radius 2 is 2.18 bits per heavy atom. The van der Waals surface area contributed by atoms with E-state index in [-0.39, 0.29) is 18.4 Å². The number of likely N-dealkylation sites (N-methyl/N-ethyl adjacent to an activating group) is 1. The highest BCUT2D eigenvalue weighted by molar-refractivity contribution is 5.94. The molecule has 1 aromatic heterocycles. The van der Waals surface area contributed by atoms with Crippen LogP contribution in [-0.4, -0.2) is 51.6 Å². The average Bonchev–Trinajstić information content (AvgIpc) is 3.07. The molecule has 1 unspecified atom stereocenters. The van der Waals surface area contributed by atoms with Crippen molar-refractivity contribution in [2.24, 2.45) is 0 Å². The van der Waals surface area contributed by atoms with Gasteiger partial charge in [-0.05, 0) is 24.3 Å². The summed E-state index contributed by atoms with van der Waals surface area (Å²) in [4.78, 5) is 14.0. The summed E-state index contributed by atoms with van der Waals surface area (Å²) in [5, 5.41) is 13.8. The molecule has 2 aromatic rings. The maximum atomic E-state index is 12.4. The molecule has 0 aliphatic heterocycles. The van der Waals surface area contributed by atoms with Crippen LogP contribution in [0.1, 0.15) is 29.0 Å². The second-order valence-electron chi connectivity index (χ2n) is 4.87. The van der Waals surface area contributed by atoms with Gasteiger partial charge in [0.2, 0.25) is 0 Å². The average molecular weight is 299 g/mol. The number of aromatic amines is 1. The third kappa shape index (κ3) is 3.82. The zero-order valence-electron chi connectivity index (χ0n) is 12.5. The third-order valence-electron chi connectivity index (χ3n) is 3.12. The van der Waals surface area contributed by atoms with Crippen LogP contribution in [0.25, 0.3) is 0 Å². The number of benzene rings is 1. The number of aromatic nitrogens is 4. The van der Waals surface area contributed by atoms with Crippen LogP contribution in [0, 0.1) is 12.3 Å². The fourth-order valence-electron chi connectivity index (χ4n) is 1.99. The van der Waals surface area contributed by atoms with E-state index in [2.05, 4.69) is 26.5 Å². The molecule has 114 valence electrons. The first-order chi connectivity index (χ1) is 10.6. The molecule has 1 atom stereocenters. The molecular weight excluding hydrogens is 282 g/mol. The lowest BCUT2D eigenvalue weighted by molar-refractivity contribution is 0.0787. The van der Waals surface area contributed by atoms with Gasteiger partial charge in [0.1, 0.15) is 12.4 Å². The first kappa shape index (κ1) is 15.5. The van der Waals surface area contributed by atoms with Gasteiger partial charge in [-0.25, -0.2) is 0 Å². The number of ether oxygens (including phenoxy) is 1. The minimum Gasteiger partial charge on any atom is -0.481 e. The smallest absolute Gasteiger partial charge is 0.253 e. The number of carbonyl (C=O) groups excluding carboxylic acids is 1. The van der Waals surface area contributed by atoms with Crippen LogP contribution in [0.3, 0.4) is 0 Å². The summed E-state index contributed by atoms with van der Waals surface area (Å²) in [7, 11) is 1.74. The van der Waals surface area contributed by atoms with Crippen LogP contribution < -0.4 is 4.74 Å². The molecule has 22 heavy (non-hydrogen) atoms. The highest BCUT2D eigenvalue weighted by Crippen LogP contribution is 2.15. The summed E-state index contributed by atoms with van der Waals surface area (Å²) in [6, 6.07) is 6.87. The van der Waals surface area contributed by atoms with E-state index in [0.717, 1.165) is 0 Å². The zero-order chi connectivity index (χ0) is 15.9. The van der Waals surface area contributed by atoms with E-state index in [9.17, 15) is 4.79 Å². The topological polar surface area (TPSA) is 84.0 Å². The molecule has 1 N–H and O–H groups in total. The van der Waals surface area contributed by atoms with Gasteiger partial charge in [-0.15, -0.1) is 16.6 Å². The Labute approximate surface area is 128 Å². The van der Waals surface area contributed by atoms with E-state index in [1.807, 2.05) is 6.92 Å². The third-order valence-corrected chi connectivity index (χ3v) is 3.12. The van der Waals surface area contributed by atoms with Crippen molar-refractivity contribution in [2.45, 2.75) is 12.8 Å². The van der Waals surface area contributed by atoms with Crippen LogP contribution in [0.2, 0.25) is 0 Å². The quantitative estimate of drug-likeness (QED) is 0.807. The van der Waals surface area contributed by atoms with Crippen LogP contribution in [0.5, 0.6) is 5.75 Å². The largest absolute Gasteiger partial charge is 0.481 e. The summed E-state index contributed by atoms with van der Waals surface area (Å²) in [5.41, 5.74) is 0.580. The van der Waals surface area contributed by atoms with E-state index in [4.69, 9.17) is 11.2 Å². The zero-order valence-corrected chi connectivity index (χ0v) is 12.5. The second-order valence-corrected chi connectivity index (χ2v) is 4.87. The van der Waals surface area contributed by atoms with Crippen molar-refractivity contribution in [3.8, 4) is 18.1 Å². The summed E-state index contributed by atoms with van der Waals surface area (Å²) in [5.74, 6) is 3.51. The van der Waals surface area contributed by atoms with E-state index in [1.54, 1.807) is 36.2 Å². The number of carbonyl (C=O) groups is 1. The Hall–Kier alpha value is -2.88. The maximum Gasteiger partial charge on any atom is 0.253 e. The first-order valence-electron chi connectivity index (χ1n) is 6.77. The Morgan fingerprint density at radius 1 is 1.45 bits per heavy atom. The molecule has 1 heterocycles. The summed E-state index contributed by atoms with van der Waals surface area (Å²) >= 11 is 0. The number of terminal acetylenes is 1. The Bertz CT molecular complexity index is 646. The standard InChI is InChI=1S/C15H17N5O2/c1-4-9-22-13-7-5-12(6-8-13)15(21)20(3)10-11(2)14-16-18-19-17-14/h1,5-8,11H,9-10H2,2-3H3,(H,16,17,18,19). The summed E-state index contributed by atoms with van der Waals surface area (Å²) in [6.45, 7) is 2.63. The molecule has 0 aliphatic rings. The van der Waals surface area contributed by atoms with Crippen LogP contribution in [0.4, 0.5) is 0 Å². The summed E-state index contributed by atoms with van der Waals surface area (Å²) in [6.07, 6.45) is 5.13. The van der Waals surface area contributed by atoms with Gasteiger partial charge in [0, 0.05) is 25.1 Å². The lowest BCUT2D eigenvalue weighted by Gasteiger charge is -2.20. The van der Waals surface area contributed by atoms with E-state index < -0.39 is 0 Å². The SMILES string of the molecule is C#CCOc1ccc(C(=O)N(C)CC(C)c2nn[nH]n2)cc1. The van der Waals surface area contributed by atoms with Gasteiger partial charge in [0.05, 0.1) is 0 Å². The predicted molar refractivity (Wildman–Crippen MR) is 80.3 cm³/mol. The normalized spacial score (nSPS) is 11.5. The highest BCUT2D eigenvalue weighted by atomic mass is 16.5. The van der Waals surface area contributed by atoms with Gasteiger partial charge in [-0.2, -0.15) is 5.21 Å². The van der Waals surface area contributed by atoms with Crippen molar-refractivity contribution in [3.05, 3.63) is 35.7 Å². The molecule has 1 amide bonds. The molecule has 0 fully saturated rings. The highest BCUT2D eigenvalue weighted by Gasteiger charge is 2.18. The fraction of sp³-hybridized carbons (Fsp3) is 0.333. The lowest BCUT2D eigenvalue weighted by Crippen LogP contribution is -2.30. The van der Waals surface area contributed by atoms with Crippen molar-refractivity contribution in [1.29, 1.82) is 0 Å². The van der Waals surface area contributed by atoms with Gasteiger partial charge in [0.25, 0.3) is 5.91 Å². The molecule has 0 radical (unpaired) electrons. The maximum absolute atomic E-state index is 12.4. The molecule has 0 aliphatic carbocycles. The Balaban J connectivity index is 1.96. The molecule has 0 saturated carbocycles. The van der Waals surface area contributed by atoms with E-state index in [1.165, 1.54) is 0 Å². The van der Waals surface area contributed by atoms with Crippen molar-refractivity contribution in [1.82, 2.24) is 25.5 Å². The number of H-pyrrole nitrogens is 1. The van der Waals surface area contributed by atoms with Gasteiger partial charge in [-0.3, -0.25) is 4.79 Å². The molecule has 0 saturated heterocycles. The van der Waals surface area contributed by atoms with E-state index in [0.29, 0.717) is 23.7 Å². The molecule has 7 nitrogen and oxygen atoms in total. The van der Waals surface area contributed by atoms with Gasteiger partial charge >= 0.3 is 0 Å². The van der Waals surface area contributed by atoms with Gasteiger partial charge in [-0.1, -0.05) is 18.1 Å². The monoisotopic (exact) mass is 299 g/mol. The number of tetrazole rings is 1. The molecule has 2 rings (SSSR count). The van der Waals surface area contributed by atoms with Crippen molar-refractivity contribution in [2.75, 3.05) is 20.2 Å². The Morgan fingerprint density at radius 3 is 2.77 bits per heavy atom. The number of hydrogen-bond acceptors (Lipinski definition) is 5. The van der Waals surface area contributed by atoms with Crippen molar-refractivity contribution < 1.29 is 9.53 Å². The van der Waals surface area contributed by atoms with Gasteiger partial charge < -0.3 is 9.64 Å². The van der Waals surface area contributed by atoms with Crippen LogP contribution in [-0.2, 0) is 0 Å². The molecule has 1 aromatic carbocycles. The number of rotatable bonds is 6. The number of hydrogen-bond donors (Lipinski definition) is 1. The fourth-order valence-corrected chi connectivity index (χ4v) is 1.99. The minimum absolute atomic E-state index is 0.00839. The van der Waals surface area contributed by atoms with E-state index >= 15 is 0 Å². The first-order valence-corrected chi connectivity index (χ1v) is 6.77. The molecule has 0 bridgehead atoms. The predicted octanol–water partition coefficient (Wildman–Crippen LogP) is 1.09. The van der Waals surface area contributed by atoms with Crippen molar-refractivity contribution in [3.63, 3.8) is 0 Å². The molecule has 7 heteroatoms. The second kappa shape index (κ2) is 7.22. The number of nitrogens with zero attached hydrogens (tertiary/aromatic N) is 4.